The van der Waals surface area contributed by atoms with Gasteiger partial charge in [-0.3, -0.25) is 0 Å². The normalized spacial score (nSPS) is 10.2. The highest BCUT2D eigenvalue weighted by Gasteiger charge is 2.01. The van der Waals surface area contributed by atoms with Crippen LogP contribution in [0.15, 0.2) is 18.2 Å². The summed E-state index contributed by atoms with van der Waals surface area (Å²) in [6.07, 6.45) is 0.840. The van der Waals surface area contributed by atoms with Crippen LogP contribution in [0.3, 0.4) is 0 Å². The second-order valence-corrected chi connectivity index (χ2v) is 3.62. The Morgan fingerprint density at radius 3 is 2.54 bits per heavy atom. The molecule has 0 bridgehead atoms. The van der Waals surface area contributed by atoms with Crippen molar-refractivity contribution in [2.45, 2.75) is 6.42 Å². The van der Waals surface area contributed by atoms with Gasteiger partial charge in [-0.15, -0.1) is 0 Å². The van der Waals surface area contributed by atoms with E-state index in [9.17, 15) is 0 Å². The minimum atomic E-state index is 0.640. The zero-order valence-corrected chi connectivity index (χ0v) is 8.80. The van der Waals surface area contributed by atoms with E-state index >= 15 is 0 Å². The minimum Gasteiger partial charge on any atom is -0.378 e. The minimum absolute atomic E-state index is 0.640. The first-order valence-corrected chi connectivity index (χ1v) is 4.68. The van der Waals surface area contributed by atoms with Gasteiger partial charge in [-0.25, -0.2) is 0 Å². The lowest BCUT2D eigenvalue weighted by atomic mass is 10.1. The average Bonchev–Trinajstić information content (AvgIpc) is 2.08. The number of benzene rings is 1. The fourth-order valence-electron chi connectivity index (χ4n) is 1.17. The van der Waals surface area contributed by atoms with Crippen LogP contribution in [-0.2, 0) is 6.42 Å². The molecule has 1 aromatic rings. The summed E-state index contributed by atoms with van der Waals surface area (Å²) in [4.78, 5) is 2.03. The lowest BCUT2D eigenvalue weighted by Crippen LogP contribution is -2.09. The molecule has 0 saturated carbocycles. The highest BCUT2D eigenvalue weighted by molar-refractivity contribution is 6.31. The molecule has 0 radical (unpaired) electrons. The van der Waals surface area contributed by atoms with Crippen molar-refractivity contribution < 1.29 is 0 Å². The maximum atomic E-state index is 6.07. The number of rotatable bonds is 3. The molecule has 0 amide bonds. The van der Waals surface area contributed by atoms with Crippen molar-refractivity contribution in [3.63, 3.8) is 0 Å². The summed E-state index contributed by atoms with van der Waals surface area (Å²) < 4.78 is 0. The molecule has 0 aliphatic heterocycles. The Morgan fingerprint density at radius 1 is 1.38 bits per heavy atom. The molecule has 0 unspecified atom stereocenters. The van der Waals surface area contributed by atoms with Crippen LogP contribution >= 0.6 is 11.6 Å². The topological polar surface area (TPSA) is 29.3 Å². The van der Waals surface area contributed by atoms with E-state index in [4.69, 9.17) is 17.3 Å². The van der Waals surface area contributed by atoms with Gasteiger partial charge in [-0.2, -0.15) is 0 Å². The first-order chi connectivity index (χ1) is 6.15. The fourth-order valence-corrected chi connectivity index (χ4v) is 1.44. The van der Waals surface area contributed by atoms with Gasteiger partial charge in [0.1, 0.15) is 0 Å². The lowest BCUT2D eigenvalue weighted by Gasteiger charge is -2.13. The van der Waals surface area contributed by atoms with E-state index in [0.29, 0.717) is 6.54 Å². The Bertz CT molecular complexity index is 284. The summed E-state index contributed by atoms with van der Waals surface area (Å²) in [5, 5.41) is 0.802. The molecule has 0 aliphatic carbocycles. The molecule has 2 nitrogen and oxygen atoms in total. The van der Waals surface area contributed by atoms with E-state index in [-0.39, 0.29) is 0 Å². The van der Waals surface area contributed by atoms with Crippen molar-refractivity contribution in [2.24, 2.45) is 5.73 Å². The van der Waals surface area contributed by atoms with E-state index in [1.165, 1.54) is 0 Å². The fraction of sp³-hybridized carbons (Fsp3) is 0.400. The molecule has 0 atom stereocenters. The lowest BCUT2D eigenvalue weighted by molar-refractivity contribution is 0.967. The van der Waals surface area contributed by atoms with Gasteiger partial charge < -0.3 is 10.6 Å². The first kappa shape index (κ1) is 10.4. The molecule has 0 aromatic heterocycles. The van der Waals surface area contributed by atoms with Crippen LogP contribution in [0.5, 0.6) is 0 Å². The van der Waals surface area contributed by atoms with Crippen molar-refractivity contribution in [1.82, 2.24) is 0 Å². The Balaban J connectivity index is 2.92. The van der Waals surface area contributed by atoms with Gasteiger partial charge in [-0.05, 0) is 30.7 Å². The van der Waals surface area contributed by atoms with E-state index in [2.05, 4.69) is 6.07 Å². The molecule has 72 valence electrons. The zero-order valence-electron chi connectivity index (χ0n) is 8.05. The van der Waals surface area contributed by atoms with Gasteiger partial charge in [0.05, 0.1) is 0 Å². The first-order valence-electron chi connectivity index (χ1n) is 4.31. The number of nitrogens with zero attached hydrogens (tertiary/aromatic N) is 1. The van der Waals surface area contributed by atoms with Crippen LogP contribution in [0, 0.1) is 0 Å². The monoisotopic (exact) mass is 198 g/mol. The summed E-state index contributed by atoms with van der Waals surface area (Å²) in [5.74, 6) is 0. The van der Waals surface area contributed by atoms with Crippen LogP contribution in [0.25, 0.3) is 0 Å². The molecular formula is C10H15ClN2. The standard InChI is InChI=1S/C10H15ClN2/c1-13(2)9-4-3-8(5-6-12)10(11)7-9/h3-4,7H,5-6,12H2,1-2H3. The van der Waals surface area contributed by atoms with Crippen molar-refractivity contribution in [3.8, 4) is 0 Å². The average molecular weight is 199 g/mol. The molecule has 0 fully saturated rings. The quantitative estimate of drug-likeness (QED) is 0.804. The van der Waals surface area contributed by atoms with Gasteiger partial charge in [-0.1, -0.05) is 17.7 Å². The molecule has 0 aliphatic rings. The number of nitrogens with two attached hydrogens (primary N) is 1. The summed E-state index contributed by atoms with van der Waals surface area (Å²) in [7, 11) is 3.99. The van der Waals surface area contributed by atoms with Gasteiger partial charge in [0.25, 0.3) is 0 Å². The Labute approximate surface area is 84.3 Å². The number of anilines is 1. The van der Waals surface area contributed by atoms with Crippen LogP contribution in [0.1, 0.15) is 5.56 Å². The highest BCUT2D eigenvalue weighted by atomic mass is 35.5. The molecule has 2 N–H and O–H groups in total. The Hall–Kier alpha value is -0.730. The second-order valence-electron chi connectivity index (χ2n) is 3.21. The van der Waals surface area contributed by atoms with Gasteiger partial charge in [0.15, 0.2) is 0 Å². The third kappa shape index (κ3) is 2.61. The summed E-state index contributed by atoms with van der Waals surface area (Å²) in [5.41, 5.74) is 7.69. The highest BCUT2D eigenvalue weighted by Crippen LogP contribution is 2.22. The largest absolute Gasteiger partial charge is 0.378 e. The van der Waals surface area contributed by atoms with Crippen LogP contribution < -0.4 is 10.6 Å². The second kappa shape index (κ2) is 4.49. The van der Waals surface area contributed by atoms with Crippen LogP contribution in [0.4, 0.5) is 5.69 Å². The van der Waals surface area contributed by atoms with E-state index in [1.807, 2.05) is 31.1 Å². The molecule has 13 heavy (non-hydrogen) atoms. The maximum absolute atomic E-state index is 6.07. The number of hydrogen-bond donors (Lipinski definition) is 1. The molecule has 0 saturated heterocycles. The predicted molar refractivity (Wildman–Crippen MR) is 58.5 cm³/mol. The van der Waals surface area contributed by atoms with Crippen molar-refractivity contribution >= 4 is 17.3 Å². The summed E-state index contributed by atoms with van der Waals surface area (Å²) >= 11 is 6.07. The van der Waals surface area contributed by atoms with Gasteiger partial charge in [0.2, 0.25) is 0 Å². The molecule has 0 spiro atoms. The smallest absolute Gasteiger partial charge is 0.0459 e. The van der Waals surface area contributed by atoms with Gasteiger partial charge >= 0.3 is 0 Å². The Morgan fingerprint density at radius 2 is 2.08 bits per heavy atom. The van der Waals surface area contributed by atoms with E-state index in [0.717, 1.165) is 22.7 Å². The van der Waals surface area contributed by atoms with Crippen molar-refractivity contribution in [3.05, 3.63) is 28.8 Å². The molecule has 0 heterocycles. The van der Waals surface area contributed by atoms with Crippen molar-refractivity contribution in [2.75, 3.05) is 25.5 Å². The molecule has 1 rings (SSSR count). The molecular weight excluding hydrogens is 184 g/mol. The summed E-state index contributed by atoms with van der Waals surface area (Å²) in [6.45, 7) is 0.640. The zero-order chi connectivity index (χ0) is 9.84. The third-order valence-electron chi connectivity index (χ3n) is 1.97. The maximum Gasteiger partial charge on any atom is 0.0459 e. The third-order valence-corrected chi connectivity index (χ3v) is 2.32. The van der Waals surface area contributed by atoms with Crippen LogP contribution in [-0.4, -0.2) is 20.6 Å². The number of halogens is 1. The van der Waals surface area contributed by atoms with Crippen LogP contribution in [0.2, 0.25) is 5.02 Å². The SMILES string of the molecule is CN(C)c1ccc(CCN)c(Cl)c1. The van der Waals surface area contributed by atoms with Crippen molar-refractivity contribution in [1.29, 1.82) is 0 Å². The number of hydrogen-bond acceptors (Lipinski definition) is 2. The molecule has 3 heteroatoms. The predicted octanol–water partition coefficient (Wildman–Crippen LogP) is 1.91. The summed E-state index contributed by atoms with van der Waals surface area (Å²) in [6, 6.07) is 6.05. The van der Waals surface area contributed by atoms with E-state index < -0.39 is 0 Å². The van der Waals surface area contributed by atoms with E-state index in [1.54, 1.807) is 0 Å². The molecule has 1 aromatic carbocycles. The van der Waals surface area contributed by atoms with Gasteiger partial charge in [0, 0.05) is 24.8 Å². The Kier molecular flexibility index (Phi) is 3.58.